The average Bonchev–Trinajstić information content (AvgIpc) is 3.40. The zero-order chi connectivity index (χ0) is 32.1. The van der Waals surface area contributed by atoms with E-state index in [0.29, 0.717) is 83.6 Å². The Morgan fingerprint density at radius 3 is 2.20 bits per heavy atom. The SMILES string of the molecule is NC(=O)C1(NCc2ccc(F)cc2)CCN(C(=O)c2cc(-c3ccc(Cl)cc3Cl)n(-c3ccc(Cl)cc3)c2CCCCO)CC1. The lowest BCUT2D eigenvalue weighted by atomic mass is 9.86. The monoisotopic (exact) mass is 670 g/mol. The van der Waals surface area contributed by atoms with Crippen molar-refractivity contribution >= 4 is 46.6 Å². The smallest absolute Gasteiger partial charge is 0.255 e. The lowest BCUT2D eigenvalue weighted by Crippen LogP contribution is -2.61. The number of nitrogens with two attached hydrogens (primary N) is 1. The standard InChI is InChI=1S/C34H34Cl3FN4O3/c35-23-6-11-26(12-7-23)42-30(3-1-2-18-43)28(20-31(42)27-13-8-24(36)19-29(27)37)32(44)41-16-14-34(15-17-41,33(39)45)40-21-22-4-9-25(38)10-5-22/h4-13,19-20,40,43H,1-3,14-18,21H2,(H2,39,45). The molecule has 45 heavy (non-hydrogen) atoms. The number of likely N-dealkylation sites (tertiary alicyclic amines) is 1. The predicted octanol–water partition coefficient (Wildman–Crippen LogP) is 6.81. The van der Waals surface area contributed by atoms with Crippen LogP contribution in [0.3, 0.4) is 0 Å². The average molecular weight is 672 g/mol. The van der Waals surface area contributed by atoms with E-state index in [1.165, 1.54) is 12.1 Å². The number of carbonyl (C=O) groups is 2. The van der Waals surface area contributed by atoms with Gasteiger partial charge in [0, 0.05) is 53.2 Å². The molecule has 0 bridgehead atoms. The summed E-state index contributed by atoms with van der Waals surface area (Å²) in [6, 6.07) is 20.5. The minimum atomic E-state index is -1.01. The van der Waals surface area contributed by atoms with Gasteiger partial charge in [-0.2, -0.15) is 0 Å². The summed E-state index contributed by atoms with van der Waals surface area (Å²) in [5.74, 6) is -1.00. The number of benzene rings is 3. The van der Waals surface area contributed by atoms with Crippen molar-refractivity contribution in [1.29, 1.82) is 0 Å². The number of rotatable bonds is 11. The number of piperidine rings is 1. The number of nitrogens with zero attached hydrogens (tertiary/aromatic N) is 2. The molecule has 0 unspecified atom stereocenters. The van der Waals surface area contributed by atoms with Crippen molar-refractivity contribution in [2.75, 3.05) is 19.7 Å². The third-order valence-corrected chi connectivity index (χ3v) is 9.17. The van der Waals surface area contributed by atoms with Crippen molar-refractivity contribution in [2.45, 2.75) is 44.2 Å². The molecule has 236 valence electrons. The molecule has 2 heterocycles. The van der Waals surface area contributed by atoms with Crippen LogP contribution >= 0.6 is 34.8 Å². The van der Waals surface area contributed by atoms with Crippen molar-refractivity contribution < 1.29 is 19.1 Å². The Balaban J connectivity index is 1.49. The highest BCUT2D eigenvalue weighted by molar-refractivity contribution is 6.36. The lowest BCUT2D eigenvalue weighted by molar-refractivity contribution is -0.126. The Labute approximate surface area is 276 Å². The fraction of sp³-hybridized carbons (Fsp3) is 0.294. The van der Waals surface area contributed by atoms with Gasteiger partial charge in [0.25, 0.3) is 5.91 Å². The first kappa shape index (κ1) is 33.0. The molecule has 0 spiro atoms. The Morgan fingerprint density at radius 2 is 1.58 bits per heavy atom. The molecule has 7 nitrogen and oxygen atoms in total. The van der Waals surface area contributed by atoms with Crippen LogP contribution in [-0.4, -0.2) is 51.6 Å². The van der Waals surface area contributed by atoms with E-state index in [1.807, 2.05) is 28.8 Å². The number of amides is 2. The maximum absolute atomic E-state index is 14.3. The van der Waals surface area contributed by atoms with E-state index in [1.54, 1.807) is 41.3 Å². The lowest BCUT2D eigenvalue weighted by Gasteiger charge is -2.40. The van der Waals surface area contributed by atoms with Crippen LogP contribution < -0.4 is 11.1 Å². The second-order valence-corrected chi connectivity index (χ2v) is 12.5. The van der Waals surface area contributed by atoms with E-state index < -0.39 is 11.4 Å². The highest BCUT2D eigenvalue weighted by Gasteiger charge is 2.41. The number of aliphatic hydroxyl groups is 1. The molecular formula is C34H34Cl3FN4O3. The highest BCUT2D eigenvalue weighted by Crippen LogP contribution is 2.37. The van der Waals surface area contributed by atoms with Crippen LogP contribution in [0.5, 0.6) is 0 Å². The van der Waals surface area contributed by atoms with Crippen LogP contribution in [0.1, 0.15) is 47.3 Å². The van der Waals surface area contributed by atoms with E-state index in [0.717, 1.165) is 16.9 Å². The zero-order valence-corrected chi connectivity index (χ0v) is 26.8. The highest BCUT2D eigenvalue weighted by atomic mass is 35.5. The van der Waals surface area contributed by atoms with Gasteiger partial charge < -0.3 is 20.3 Å². The topological polar surface area (TPSA) is 101 Å². The number of unbranched alkanes of at least 4 members (excludes halogenated alkanes) is 1. The van der Waals surface area contributed by atoms with E-state index >= 15 is 0 Å². The molecule has 1 aromatic heterocycles. The third-order valence-electron chi connectivity index (χ3n) is 8.37. The first-order chi connectivity index (χ1) is 21.6. The van der Waals surface area contributed by atoms with Crippen molar-refractivity contribution in [3.63, 3.8) is 0 Å². The summed E-state index contributed by atoms with van der Waals surface area (Å²) in [6.45, 7) is 0.975. The van der Waals surface area contributed by atoms with E-state index in [9.17, 15) is 19.1 Å². The number of aromatic nitrogens is 1. The van der Waals surface area contributed by atoms with Crippen molar-refractivity contribution in [3.8, 4) is 16.9 Å². The van der Waals surface area contributed by atoms with E-state index in [2.05, 4.69) is 5.32 Å². The van der Waals surface area contributed by atoms with Gasteiger partial charge in [0.15, 0.2) is 0 Å². The number of primary amides is 1. The van der Waals surface area contributed by atoms with Gasteiger partial charge >= 0.3 is 0 Å². The summed E-state index contributed by atoms with van der Waals surface area (Å²) in [4.78, 5) is 28.7. The molecule has 1 aliphatic rings. The first-order valence-corrected chi connectivity index (χ1v) is 15.9. The summed E-state index contributed by atoms with van der Waals surface area (Å²) < 4.78 is 15.4. The molecule has 3 aromatic carbocycles. The molecule has 1 aliphatic heterocycles. The van der Waals surface area contributed by atoms with Gasteiger partial charge in [-0.1, -0.05) is 46.9 Å². The minimum Gasteiger partial charge on any atom is -0.396 e. The summed E-state index contributed by atoms with van der Waals surface area (Å²) in [6.07, 6.45) is 2.39. The van der Waals surface area contributed by atoms with Gasteiger partial charge in [0.1, 0.15) is 11.4 Å². The van der Waals surface area contributed by atoms with Gasteiger partial charge in [-0.15, -0.1) is 0 Å². The summed E-state index contributed by atoms with van der Waals surface area (Å²) in [5, 5.41) is 14.3. The van der Waals surface area contributed by atoms with Gasteiger partial charge in [-0.25, -0.2) is 4.39 Å². The van der Waals surface area contributed by atoms with Gasteiger partial charge in [0.05, 0.1) is 16.3 Å². The summed E-state index contributed by atoms with van der Waals surface area (Å²) in [7, 11) is 0. The molecule has 1 fully saturated rings. The molecule has 0 saturated carbocycles. The van der Waals surface area contributed by atoms with Gasteiger partial charge in [-0.3, -0.25) is 14.9 Å². The molecule has 1 saturated heterocycles. The predicted molar refractivity (Wildman–Crippen MR) is 177 cm³/mol. The Morgan fingerprint density at radius 1 is 0.911 bits per heavy atom. The molecule has 11 heteroatoms. The Bertz CT molecular complexity index is 1670. The van der Waals surface area contributed by atoms with Crippen molar-refractivity contribution in [2.24, 2.45) is 5.73 Å². The molecular weight excluding hydrogens is 638 g/mol. The molecule has 0 radical (unpaired) electrons. The quantitative estimate of drug-likeness (QED) is 0.153. The maximum atomic E-state index is 14.3. The molecule has 0 aliphatic carbocycles. The summed E-state index contributed by atoms with van der Waals surface area (Å²) >= 11 is 19.1. The van der Waals surface area contributed by atoms with Crippen molar-refractivity contribution in [1.82, 2.24) is 14.8 Å². The number of aliphatic hydroxyl groups excluding tert-OH is 1. The molecule has 0 atom stereocenters. The zero-order valence-electron chi connectivity index (χ0n) is 24.5. The number of hydrogen-bond acceptors (Lipinski definition) is 4. The fourth-order valence-electron chi connectivity index (χ4n) is 5.81. The number of nitrogens with one attached hydrogen (secondary N) is 1. The number of hydrogen-bond donors (Lipinski definition) is 3. The van der Waals surface area contributed by atoms with Crippen LogP contribution in [0.25, 0.3) is 16.9 Å². The van der Waals surface area contributed by atoms with Crippen molar-refractivity contribution in [3.05, 3.63) is 111 Å². The van der Waals surface area contributed by atoms with Gasteiger partial charge in [0.2, 0.25) is 5.91 Å². The second-order valence-electron chi connectivity index (χ2n) is 11.2. The maximum Gasteiger partial charge on any atom is 0.255 e. The fourth-order valence-corrected chi connectivity index (χ4v) is 6.44. The number of carbonyl (C=O) groups excluding carboxylic acids is 2. The Hall–Kier alpha value is -3.40. The Kier molecular flexibility index (Phi) is 10.5. The van der Waals surface area contributed by atoms with Crippen LogP contribution in [-0.2, 0) is 17.8 Å². The van der Waals surface area contributed by atoms with E-state index in [-0.39, 0.29) is 18.3 Å². The summed E-state index contributed by atoms with van der Waals surface area (Å²) in [5.41, 5.74) is 9.20. The molecule has 4 aromatic rings. The van der Waals surface area contributed by atoms with Crippen LogP contribution in [0.2, 0.25) is 15.1 Å². The minimum absolute atomic E-state index is 0.0348. The third kappa shape index (κ3) is 7.37. The molecule has 5 rings (SSSR count). The van der Waals surface area contributed by atoms with Crippen LogP contribution in [0.15, 0.2) is 72.8 Å². The van der Waals surface area contributed by atoms with Gasteiger partial charge in [-0.05, 0) is 98.3 Å². The normalized spacial score (nSPS) is 14.5. The molecule has 4 N–H and O–H groups in total. The molecule has 2 amide bonds. The van der Waals surface area contributed by atoms with E-state index in [4.69, 9.17) is 40.5 Å². The first-order valence-electron chi connectivity index (χ1n) is 14.8. The number of halogens is 4. The largest absolute Gasteiger partial charge is 0.396 e. The van der Waals surface area contributed by atoms with Crippen LogP contribution in [0, 0.1) is 5.82 Å². The van der Waals surface area contributed by atoms with Crippen LogP contribution in [0.4, 0.5) is 4.39 Å². The second kappa shape index (κ2) is 14.4.